The fourth-order valence-electron chi connectivity index (χ4n) is 2.13. The number of hydrogen-bond acceptors (Lipinski definition) is 1. The van der Waals surface area contributed by atoms with Gasteiger partial charge in [0.05, 0.1) is 0 Å². The summed E-state index contributed by atoms with van der Waals surface area (Å²) in [5.74, 6) is 0.824. The summed E-state index contributed by atoms with van der Waals surface area (Å²) in [5.41, 5.74) is 5.99. The topological polar surface area (TPSA) is 26.0 Å². The zero-order valence-corrected chi connectivity index (χ0v) is 9.90. The first-order chi connectivity index (χ1) is 5.98. The number of nitrogens with two attached hydrogens (primary N) is 1. The van der Waals surface area contributed by atoms with Gasteiger partial charge in [0.25, 0.3) is 0 Å². The largest absolute Gasteiger partial charge is 0.330 e. The maximum atomic E-state index is 5.46. The molecule has 0 aromatic rings. The van der Waals surface area contributed by atoms with Crippen LogP contribution in [0.4, 0.5) is 0 Å². The van der Waals surface area contributed by atoms with Crippen LogP contribution in [0.3, 0.4) is 0 Å². The molecule has 0 aromatic heterocycles. The molecule has 0 aliphatic heterocycles. The molecule has 0 fully saturated rings. The highest BCUT2D eigenvalue weighted by Crippen LogP contribution is 2.30. The van der Waals surface area contributed by atoms with Crippen LogP contribution in [0.25, 0.3) is 0 Å². The van der Waals surface area contributed by atoms with E-state index in [-0.39, 0.29) is 0 Å². The predicted octanol–water partition coefficient (Wildman–Crippen LogP) is 3.58. The van der Waals surface area contributed by atoms with Crippen LogP contribution in [0.5, 0.6) is 0 Å². The molecular formula is C12H27N. The molecule has 0 saturated carbocycles. The second-order valence-corrected chi connectivity index (χ2v) is 5.36. The third-order valence-corrected chi connectivity index (χ3v) is 2.52. The van der Waals surface area contributed by atoms with Crippen LogP contribution in [-0.2, 0) is 0 Å². The van der Waals surface area contributed by atoms with Gasteiger partial charge in [-0.15, -0.1) is 0 Å². The third kappa shape index (κ3) is 8.29. The molecule has 2 N–H and O–H groups in total. The minimum absolute atomic E-state index is 0.531. The molecule has 0 aliphatic carbocycles. The highest BCUT2D eigenvalue weighted by atomic mass is 14.5. The van der Waals surface area contributed by atoms with Crippen molar-refractivity contribution in [2.75, 3.05) is 6.54 Å². The summed E-state index contributed by atoms with van der Waals surface area (Å²) in [7, 11) is 0. The monoisotopic (exact) mass is 185 g/mol. The van der Waals surface area contributed by atoms with E-state index in [1.165, 1.54) is 32.1 Å². The van der Waals surface area contributed by atoms with Gasteiger partial charge in [-0.2, -0.15) is 0 Å². The summed E-state index contributed by atoms with van der Waals surface area (Å²) in [6, 6.07) is 0. The van der Waals surface area contributed by atoms with Gasteiger partial charge >= 0.3 is 0 Å². The van der Waals surface area contributed by atoms with Crippen molar-refractivity contribution in [3.05, 3.63) is 0 Å². The lowest BCUT2D eigenvalue weighted by Crippen LogP contribution is -2.14. The molecule has 80 valence electrons. The Labute approximate surface area is 84.1 Å². The minimum atomic E-state index is 0.531. The first kappa shape index (κ1) is 13.0. The minimum Gasteiger partial charge on any atom is -0.330 e. The summed E-state index contributed by atoms with van der Waals surface area (Å²) < 4.78 is 0. The molecule has 0 aliphatic rings. The van der Waals surface area contributed by atoms with E-state index in [9.17, 15) is 0 Å². The number of hydrogen-bond donors (Lipinski definition) is 1. The quantitative estimate of drug-likeness (QED) is 0.603. The molecule has 13 heavy (non-hydrogen) atoms. The molecule has 0 bridgehead atoms. The van der Waals surface area contributed by atoms with Crippen LogP contribution in [0.15, 0.2) is 0 Å². The van der Waals surface area contributed by atoms with Crippen LogP contribution in [0, 0.1) is 11.3 Å². The van der Waals surface area contributed by atoms with E-state index in [1.54, 1.807) is 0 Å². The standard InChI is InChI=1S/C12H27N/c1-11(2)10-12(3,4)8-6-5-7-9-13/h11H,5-10,13H2,1-4H3. The molecule has 0 atom stereocenters. The number of rotatable bonds is 7. The van der Waals surface area contributed by atoms with Gasteiger partial charge in [0.15, 0.2) is 0 Å². The average molecular weight is 185 g/mol. The lowest BCUT2D eigenvalue weighted by molar-refractivity contribution is 0.256. The van der Waals surface area contributed by atoms with E-state index in [4.69, 9.17) is 5.73 Å². The van der Waals surface area contributed by atoms with E-state index in [1.807, 2.05) is 0 Å². The van der Waals surface area contributed by atoms with Gasteiger partial charge in [0.1, 0.15) is 0 Å². The summed E-state index contributed by atoms with van der Waals surface area (Å²) in [6.07, 6.45) is 6.54. The molecule has 1 heteroatoms. The first-order valence-electron chi connectivity index (χ1n) is 5.68. The molecule has 0 saturated heterocycles. The maximum absolute atomic E-state index is 5.46. The van der Waals surface area contributed by atoms with Crippen LogP contribution in [0.2, 0.25) is 0 Å². The Morgan fingerprint density at radius 3 is 2.15 bits per heavy atom. The van der Waals surface area contributed by atoms with Crippen molar-refractivity contribution >= 4 is 0 Å². The fourth-order valence-corrected chi connectivity index (χ4v) is 2.13. The van der Waals surface area contributed by atoms with Gasteiger partial charge in [-0.25, -0.2) is 0 Å². The normalized spacial score (nSPS) is 12.5. The van der Waals surface area contributed by atoms with Crippen molar-refractivity contribution in [2.24, 2.45) is 17.1 Å². The van der Waals surface area contributed by atoms with Crippen molar-refractivity contribution in [1.82, 2.24) is 0 Å². The molecule has 0 rings (SSSR count). The average Bonchev–Trinajstić information content (AvgIpc) is 1.95. The lowest BCUT2D eigenvalue weighted by Gasteiger charge is -2.26. The number of unbranched alkanes of at least 4 members (excludes halogenated alkanes) is 2. The Balaban J connectivity index is 3.50. The van der Waals surface area contributed by atoms with Crippen LogP contribution >= 0.6 is 0 Å². The Morgan fingerprint density at radius 2 is 1.69 bits per heavy atom. The van der Waals surface area contributed by atoms with Crippen molar-refractivity contribution in [3.8, 4) is 0 Å². The highest BCUT2D eigenvalue weighted by Gasteiger charge is 2.18. The van der Waals surface area contributed by atoms with E-state index in [2.05, 4.69) is 27.7 Å². The third-order valence-electron chi connectivity index (χ3n) is 2.52. The molecule has 0 spiro atoms. The molecular weight excluding hydrogens is 158 g/mol. The zero-order valence-electron chi connectivity index (χ0n) is 9.90. The summed E-state index contributed by atoms with van der Waals surface area (Å²) in [5, 5.41) is 0. The van der Waals surface area contributed by atoms with Crippen molar-refractivity contribution in [2.45, 2.75) is 59.8 Å². The van der Waals surface area contributed by atoms with Gasteiger partial charge in [-0.05, 0) is 37.1 Å². The van der Waals surface area contributed by atoms with Gasteiger partial charge in [0.2, 0.25) is 0 Å². The second kappa shape index (κ2) is 6.42. The Hall–Kier alpha value is -0.0400. The van der Waals surface area contributed by atoms with Gasteiger partial charge in [-0.1, -0.05) is 40.5 Å². The van der Waals surface area contributed by atoms with E-state index >= 15 is 0 Å². The SMILES string of the molecule is CC(C)CC(C)(C)CCCCCN. The smallest absolute Gasteiger partial charge is 0.00773 e. The lowest BCUT2D eigenvalue weighted by atomic mass is 9.80. The Bertz CT molecular complexity index is 116. The molecule has 1 nitrogen and oxygen atoms in total. The molecule has 0 aromatic carbocycles. The van der Waals surface area contributed by atoms with Crippen molar-refractivity contribution < 1.29 is 0 Å². The van der Waals surface area contributed by atoms with E-state index in [0.29, 0.717) is 5.41 Å². The Kier molecular flexibility index (Phi) is 6.40. The Morgan fingerprint density at radius 1 is 1.08 bits per heavy atom. The second-order valence-electron chi connectivity index (χ2n) is 5.36. The van der Waals surface area contributed by atoms with Crippen LogP contribution < -0.4 is 5.73 Å². The highest BCUT2D eigenvalue weighted by molar-refractivity contribution is 4.70. The van der Waals surface area contributed by atoms with Crippen molar-refractivity contribution in [1.29, 1.82) is 0 Å². The maximum Gasteiger partial charge on any atom is -0.00773 e. The summed E-state index contributed by atoms with van der Waals surface area (Å²) in [4.78, 5) is 0. The van der Waals surface area contributed by atoms with Gasteiger partial charge in [-0.3, -0.25) is 0 Å². The zero-order chi connectivity index (χ0) is 10.3. The molecule has 0 radical (unpaired) electrons. The molecule has 0 amide bonds. The predicted molar refractivity (Wildman–Crippen MR) is 60.8 cm³/mol. The summed E-state index contributed by atoms with van der Waals surface area (Å²) in [6.45, 7) is 10.2. The van der Waals surface area contributed by atoms with Crippen LogP contribution in [-0.4, -0.2) is 6.54 Å². The first-order valence-corrected chi connectivity index (χ1v) is 5.68. The summed E-state index contributed by atoms with van der Waals surface area (Å²) >= 11 is 0. The molecule has 0 unspecified atom stereocenters. The van der Waals surface area contributed by atoms with Gasteiger partial charge in [0, 0.05) is 0 Å². The molecule has 0 heterocycles. The fraction of sp³-hybridized carbons (Fsp3) is 1.00. The van der Waals surface area contributed by atoms with E-state index in [0.717, 1.165) is 12.5 Å². The van der Waals surface area contributed by atoms with E-state index < -0.39 is 0 Å². The van der Waals surface area contributed by atoms with Gasteiger partial charge < -0.3 is 5.73 Å². The van der Waals surface area contributed by atoms with Crippen LogP contribution in [0.1, 0.15) is 59.8 Å². The van der Waals surface area contributed by atoms with Crippen molar-refractivity contribution in [3.63, 3.8) is 0 Å².